The van der Waals surface area contributed by atoms with Crippen LogP contribution in [0.25, 0.3) is 0 Å². The normalized spacial score (nSPS) is 12.0. The van der Waals surface area contributed by atoms with E-state index in [-0.39, 0.29) is 5.02 Å². The highest BCUT2D eigenvalue weighted by molar-refractivity contribution is 6.31. The average molecular weight is 310 g/mol. The molecule has 2 nitrogen and oxygen atoms in total. The fraction of sp³-hybridized carbons (Fsp3) is 0.571. The van der Waals surface area contributed by atoms with E-state index in [0.29, 0.717) is 17.9 Å². The zero-order valence-corrected chi connectivity index (χ0v) is 12.6. The summed E-state index contributed by atoms with van der Waals surface area (Å²) in [4.78, 5) is 2.17. The monoisotopic (exact) mass is 309 g/mol. The summed E-state index contributed by atoms with van der Waals surface area (Å²) in [5.41, 5.74) is -0.394. The second kappa shape index (κ2) is 7.18. The van der Waals surface area contributed by atoms with Gasteiger partial charge in [0.25, 0.3) is 0 Å². The lowest BCUT2D eigenvalue weighted by molar-refractivity contribution is -0.137. The van der Waals surface area contributed by atoms with Gasteiger partial charge in [-0.1, -0.05) is 25.4 Å². The zero-order chi connectivity index (χ0) is 15.3. The summed E-state index contributed by atoms with van der Waals surface area (Å²) in [6.07, 6.45) is -4.44. The largest absolute Gasteiger partial charge is 0.492 e. The SMILES string of the molecule is CCN(CC)CCOc1cc(Cl)c(C(F)(F)F)cc1C. The number of hydrogen-bond donors (Lipinski definition) is 0. The predicted molar refractivity (Wildman–Crippen MR) is 74.5 cm³/mol. The fourth-order valence-electron chi connectivity index (χ4n) is 1.86. The Hall–Kier alpha value is -0.940. The van der Waals surface area contributed by atoms with E-state index in [0.717, 1.165) is 25.7 Å². The van der Waals surface area contributed by atoms with Crippen LogP contribution >= 0.6 is 11.6 Å². The van der Waals surface area contributed by atoms with E-state index in [9.17, 15) is 13.2 Å². The van der Waals surface area contributed by atoms with E-state index in [1.807, 2.05) is 13.8 Å². The van der Waals surface area contributed by atoms with Crippen LogP contribution in [0.4, 0.5) is 13.2 Å². The number of hydrogen-bond acceptors (Lipinski definition) is 2. The van der Waals surface area contributed by atoms with Gasteiger partial charge < -0.3 is 9.64 Å². The van der Waals surface area contributed by atoms with E-state index in [4.69, 9.17) is 16.3 Å². The lowest BCUT2D eigenvalue weighted by Crippen LogP contribution is -2.28. The lowest BCUT2D eigenvalue weighted by atomic mass is 10.1. The molecule has 0 saturated heterocycles. The molecule has 0 radical (unpaired) electrons. The Balaban J connectivity index is 2.76. The summed E-state index contributed by atoms with van der Waals surface area (Å²) >= 11 is 5.67. The topological polar surface area (TPSA) is 12.5 Å². The van der Waals surface area contributed by atoms with E-state index in [1.165, 1.54) is 6.07 Å². The van der Waals surface area contributed by atoms with Crippen LogP contribution in [0.15, 0.2) is 12.1 Å². The van der Waals surface area contributed by atoms with Gasteiger partial charge in [-0.05, 0) is 37.7 Å². The Bertz CT molecular complexity index is 445. The van der Waals surface area contributed by atoms with Crippen molar-refractivity contribution >= 4 is 11.6 Å². The molecule has 0 aromatic heterocycles. The molecule has 114 valence electrons. The van der Waals surface area contributed by atoms with E-state index < -0.39 is 11.7 Å². The minimum atomic E-state index is -4.44. The number of likely N-dealkylation sites (N-methyl/N-ethyl adjacent to an activating group) is 1. The van der Waals surface area contributed by atoms with Crippen molar-refractivity contribution in [2.45, 2.75) is 26.9 Å². The molecule has 1 aromatic rings. The van der Waals surface area contributed by atoms with Crippen molar-refractivity contribution in [2.24, 2.45) is 0 Å². The Morgan fingerprint density at radius 2 is 1.80 bits per heavy atom. The van der Waals surface area contributed by atoms with Gasteiger partial charge in [-0.2, -0.15) is 13.2 Å². The number of rotatable bonds is 6. The third-order valence-electron chi connectivity index (χ3n) is 3.13. The van der Waals surface area contributed by atoms with Gasteiger partial charge in [-0.25, -0.2) is 0 Å². The number of alkyl halides is 3. The molecule has 6 heteroatoms. The Kier molecular flexibility index (Phi) is 6.14. The van der Waals surface area contributed by atoms with Crippen LogP contribution in [0.2, 0.25) is 5.02 Å². The summed E-state index contributed by atoms with van der Waals surface area (Å²) in [5, 5.41) is -0.332. The standard InChI is InChI=1S/C14H19ClF3NO/c1-4-19(5-2)6-7-20-13-9-12(15)11(8-10(13)3)14(16,17)18/h8-9H,4-7H2,1-3H3. The maximum Gasteiger partial charge on any atom is 0.417 e. The molecule has 0 spiro atoms. The Morgan fingerprint density at radius 1 is 1.20 bits per heavy atom. The maximum absolute atomic E-state index is 12.7. The molecule has 20 heavy (non-hydrogen) atoms. The predicted octanol–water partition coefficient (Wildman–Crippen LogP) is 4.39. The molecule has 0 bridgehead atoms. The van der Waals surface area contributed by atoms with E-state index >= 15 is 0 Å². The highest BCUT2D eigenvalue weighted by Gasteiger charge is 2.33. The van der Waals surface area contributed by atoms with Crippen LogP contribution in [0.3, 0.4) is 0 Å². The molecule has 0 aliphatic rings. The van der Waals surface area contributed by atoms with Crippen molar-refractivity contribution in [3.63, 3.8) is 0 Å². The van der Waals surface area contributed by atoms with E-state index in [2.05, 4.69) is 4.90 Å². The first-order valence-electron chi connectivity index (χ1n) is 6.52. The molecule has 1 rings (SSSR count). The minimum absolute atomic E-state index is 0.332. The molecular formula is C14H19ClF3NO. The van der Waals surface area contributed by atoms with Crippen LogP contribution in [-0.2, 0) is 6.18 Å². The minimum Gasteiger partial charge on any atom is -0.492 e. The smallest absolute Gasteiger partial charge is 0.417 e. The molecule has 0 N–H and O–H groups in total. The van der Waals surface area contributed by atoms with Gasteiger partial charge in [0.2, 0.25) is 0 Å². The zero-order valence-electron chi connectivity index (χ0n) is 11.9. The van der Waals surface area contributed by atoms with Crippen LogP contribution in [0.5, 0.6) is 5.75 Å². The van der Waals surface area contributed by atoms with Crippen molar-refractivity contribution in [1.29, 1.82) is 0 Å². The molecule has 0 unspecified atom stereocenters. The molecule has 0 aliphatic carbocycles. The molecule has 0 amide bonds. The first-order chi connectivity index (χ1) is 9.29. The van der Waals surface area contributed by atoms with Crippen LogP contribution in [-0.4, -0.2) is 31.1 Å². The molecule has 0 saturated carbocycles. The molecule has 0 aliphatic heterocycles. The quantitative estimate of drug-likeness (QED) is 0.773. The number of nitrogens with zero attached hydrogens (tertiary/aromatic N) is 1. The summed E-state index contributed by atoms with van der Waals surface area (Å²) in [6.45, 7) is 8.64. The number of benzene rings is 1. The summed E-state index contributed by atoms with van der Waals surface area (Å²) < 4.78 is 43.6. The highest BCUT2D eigenvalue weighted by Crippen LogP contribution is 2.38. The van der Waals surface area contributed by atoms with Gasteiger partial charge in [0.1, 0.15) is 12.4 Å². The summed E-state index contributed by atoms with van der Waals surface area (Å²) in [7, 11) is 0. The molecule has 1 aromatic carbocycles. The van der Waals surface area contributed by atoms with Gasteiger partial charge in [0.15, 0.2) is 0 Å². The number of aryl methyl sites for hydroxylation is 1. The maximum atomic E-state index is 12.7. The number of halogens is 4. The molecule has 0 fully saturated rings. The molecular weight excluding hydrogens is 291 g/mol. The van der Waals surface area contributed by atoms with Gasteiger partial charge in [0, 0.05) is 6.54 Å². The van der Waals surface area contributed by atoms with Crippen LogP contribution in [0.1, 0.15) is 25.0 Å². The molecule has 0 heterocycles. The van der Waals surface area contributed by atoms with Crippen molar-refractivity contribution in [2.75, 3.05) is 26.2 Å². The third-order valence-corrected chi connectivity index (χ3v) is 3.44. The van der Waals surface area contributed by atoms with E-state index in [1.54, 1.807) is 6.92 Å². The second-order valence-corrected chi connectivity index (χ2v) is 4.88. The van der Waals surface area contributed by atoms with Gasteiger partial charge in [-0.3, -0.25) is 0 Å². The average Bonchev–Trinajstić information content (AvgIpc) is 2.36. The highest BCUT2D eigenvalue weighted by atomic mass is 35.5. The summed E-state index contributed by atoms with van der Waals surface area (Å²) in [5.74, 6) is 0.398. The summed E-state index contributed by atoms with van der Waals surface area (Å²) in [6, 6.07) is 2.26. The number of ether oxygens (including phenoxy) is 1. The third kappa shape index (κ3) is 4.56. The second-order valence-electron chi connectivity index (χ2n) is 4.47. The molecule has 0 atom stereocenters. The Morgan fingerprint density at radius 3 is 2.30 bits per heavy atom. The van der Waals surface area contributed by atoms with Crippen LogP contribution < -0.4 is 4.74 Å². The van der Waals surface area contributed by atoms with Crippen molar-refractivity contribution in [1.82, 2.24) is 4.90 Å². The van der Waals surface area contributed by atoms with Crippen molar-refractivity contribution in [3.05, 3.63) is 28.3 Å². The van der Waals surface area contributed by atoms with Gasteiger partial charge >= 0.3 is 6.18 Å². The lowest BCUT2D eigenvalue weighted by Gasteiger charge is -2.19. The van der Waals surface area contributed by atoms with Crippen molar-refractivity contribution < 1.29 is 17.9 Å². The van der Waals surface area contributed by atoms with Gasteiger partial charge in [0.05, 0.1) is 10.6 Å². The Labute approximate surface area is 122 Å². The fourth-order valence-corrected chi connectivity index (χ4v) is 2.12. The first-order valence-corrected chi connectivity index (χ1v) is 6.89. The first kappa shape index (κ1) is 17.1. The van der Waals surface area contributed by atoms with Gasteiger partial charge in [-0.15, -0.1) is 0 Å². The van der Waals surface area contributed by atoms with Crippen molar-refractivity contribution in [3.8, 4) is 5.75 Å². The van der Waals surface area contributed by atoms with Crippen LogP contribution in [0, 0.1) is 6.92 Å².